The number of hydrogen-bond acceptors (Lipinski definition) is 5. The second kappa shape index (κ2) is 9.67. The Labute approximate surface area is 212 Å². The van der Waals surface area contributed by atoms with Crippen LogP contribution in [-0.2, 0) is 23.8 Å². The van der Waals surface area contributed by atoms with E-state index in [1.54, 1.807) is 18.2 Å². The molecule has 3 aromatic carbocycles. The number of rotatable bonds is 6. The summed E-state index contributed by atoms with van der Waals surface area (Å²) in [5, 5.41) is 1.09. The van der Waals surface area contributed by atoms with Gasteiger partial charge in [0.15, 0.2) is 11.4 Å². The van der Waals surface area contributed by atoms with Gasteiger partial charge in [-0.15, -0.1) is 0 Å². The van der Waals surface area contributed by atoms with Crippen LogP contribution in [0.1, 0.15) is 16.7 Å². The van der Waals surface area contributed by atoms with Gasteiger partial charge in [-0.05, 0) is 34.7 Å². The van der Waals surface area contributed by atoms with E-state index in [9.17, 15) is 22.8 Å². The van der Waals surface area contributed by atoms with Crippen molar-refractivity contribution < 1.29 is 22.7 Å². The average molecular weight is 524 g/mol. The van der Waals surface area contributed by atoms with E-state index in [1.807, 2.05) is 24.3 Å². The standard InChI is InChI=1S/C27H17ClF3N3O3/c28-21-7-5-15(12-20(21)27(29,30)31)11-17(35)13-16-6-8-22(19-4-2-1-3-18(16)19)37-23-9-10-32-26-25(23)33-14-24(36)34-26/h1-10,12,14H,11,13H2,(H,32,34,36). The predicted octanol–water partition coefficient (Wildman–Crippen LogP) is 6.29. The number of nitrogens with zero attached hydrogens (tertiary/aromatic N) is 2. The Morgan fingerprint density at radius 2 is 1.73 bits per heavy atom. The minimum absolute atomic E-state index is 0.0196. The van der Waals surface area contributed by atoms with Crippen LogP contribution in [0.5, 0.6) is 11.5 Å². The topological polar surface area (TPSA) is 84.9 Å². The number of alkyl halides is 3. The van der Waals surface area contributed by atoms with E-state index in [1.165, 1.54) is 12.3 Å². The molecular weight excluding hydrogens is 507 g/mol. The fourth-order valence-electron chi connectivity index (χ4n) is 4.10. The normalized spacial score (nSPS) is 11.7. The van der Waals surface area contributed by atoms with Crippen molar-refractivity contribution in [3.63, 3.8) is 0 Å². The molecule has 0 atom stereocenters. The highest BCUT2D eigenvalue weighted by molar-refractivity contribution is 6.31. The van der Waals surface area contributed by atoms with Gasteiger partial charge in [-0.1, -0.05) is 48.0 Å². The number of nitrogens with one attached hydrogen (secondary N) is 1. The van der Waals surface area contributed by atoms with E-state index in [0.29, 0.717) is 22.6 Å². The van der Waals surface area contributed by atoms with Crippen molar-refractivity contribution in [1.29, 1.82) is 0 Å². The summed E-state index contributed by atoms with van der Waals surface area (Å²) in [6.45, 7) is 0. The zero-order valence-corrected chi connectivity index (χ0v) is 19.7. The van der Waals surface area contributed by atoms with Gasteiger partial charge in [0.1, 0.15) is 17.0 Å². The second-order valence-electron chi connectivity index (χ2n) is 8.33. The molecule has 2 heterocycles. The first-order valence-corrected chi connectivity index (χ1v) is 11.5. The van der Waals surface area contributed by atoms with Crippen LogP contribution >= 0.6 is 11.6 Å². The highest BCUT2D eigenvalue weighted by atomic mass is 35.5. The Hall–Kier alpha value is -4.24. The van der Waals surface area contributed by atoms with Crippen molar-refractivity contribution in [3.05, 3.63) is 105 Å². The van der Waals surface area contributed by atoms with E-state index >= 15 is 0 Å². The minimum Gasteiger partial charge on any atom is -0.454 e. The molecule has 0 saturated heterocycles. The zero-order valence-electron chi connectivity index (χ0n) is 19.0. The molecule has 0 aliphatic carbocycles. The third-order valence-corrected chi connectivity index (χ3v) is 6.09. The van der Waals surface area contributed by atoms with Gasteiger partial charge in [0, 0.05) is 30.5 Å². The summed E-state index contributed by atoms with van der Waals surface area (Å²) >= 11 is 5.68. The predicted molar refractivity (Wildman–Crippen MR) is 133 cm³/mol. The number of aromatic nitrogens is 3. The van der Waals surface area contributed by atoms with Crippen LogP contribution in [0.4, 0.5) is 13.2 Å². The first kappa shape index (κ1) is 24.5. The van der Waals surface area contributed by atoms with Crippen molar-refractivity contribution in [3.8, 4) is 11.5 Å². The summed E-state index contributed by atoms with van der Waals surface area (Å²) in [5.41, 5.74) is 0.263. The van der Waals surface area contributed by atoms with Crippen molar-refractivity contribution in [2.24, 2.45) is 0 Å². The van der Waals surface area contributed by atoms with Crippen LogP contribution in [0.2, 0.25) is 5.02 Å². The summed E-state index contributed by atoms with van der Waals surface area (Å²) in [6.07, 6.45) is -2.12. The minimum atomic E-state index is -4.60. The molecular formula is C27H17ClF3N3O3. The van der Waals surface area contributed by atoms with Crippen LogP contribution in [-0.4, -0.2) is 20.7 Å². The molecule has 0 spiro atoms. The molecule has 10 heteroatoms. The summed E-state index contributed by atoms with van der Waals surface area (Å²) in [7, 11) is 0. The van der Waals surface area contributed by atoms with Crippen molar-refractivity contribution in [2.75, 3.05) is 0 Å². The monoisotopic (exact) mass is 523 g/mol. The maximum absolute atomic E-state index is 13.2. The number of carbonyl (C=O) groups excluding carboxylic acids is 1. The van der Waals surface area contributed by atoms with Crippen LogP contribution in [0, 0.1) is 0 Å². The van der Waals surface area contributed by atoms with Crippen LogP contribution < -0.4 is 10.3 Å². The number of fused-ring (bicyclic) bond motifs is 2. The molecule has 1 N–H and O–H groups in total. The lowest BCUT2D eigenvalue weighted by atomic mass is 9.96. The summed E-state index contributed by atoms with van der Waals surface area (Å²) in [6, 6.07) is 15.9. The summed E-state index contributed by atoms with van der Waals surface area (Å²) in [4.78, 5) is 35.2. The molecule has 5 aromatic rings. The smallest absolute Gasteiger partial charge is 0.417 e. The number of halogens is 4. The summed E-state index contributed by atoms with van der Waals surface area (Å²) in [5.74, 6) is 0.640. The van der Waals surface area contributed by atoms with E-state index in [2.05, 4.69) is 15.0 Å². The molecule has 37 heavy (non-hydrogen) atoms. The van der Waals surface area contributed by atoms with E-state index in [-0.39, 0.29) is 35.4 Å². The fraction of sp³-hybridized carbons (Fsp3) is 0.111. The first-order valence-electron chi connectivity index (χ1n) is 11.1. The molecule has 0 fully saturated rings. The van der Waals surface area contributed by atoms with Crippen LogP contribution in [0.25, 0.3) is 21.9 Å². The summed E-state index contributed by atoms with van der Waals surface area (Å²) < 4.78 is 45.7. The lowest BCUT2D eigenvalue weighted by molar-refractivity contribution is -0.137. The van der Waals surface area contributed by atoms with Crippen molar-refractivity contribution >= 4 is 39.3 Å². The highest BCUT2D eigenvalue weighted by Gasteiger charge is 2.33. The average Bonchev–Trinajstić information content (AvgIpc) is 2.86. The number of hydrogen-bond donors (Lipinski definition) is 1. The van der Waals surface area contributed by atoms with Gasteiger partial charge in [0.25, 0.3) is 5.56 Å². The number of Topliss-reactive ketones (excluding diaryl/α,β-unsaturated/α-hetero) is 1. The molecule has 0 radical (unpaired) electrons. The molecule has 2 aromatic heterocycles. The van der Waals surface area contributed by atoms with Gasteiger partial charge in [-0.2, -0.15) is 13.2 Å². The zero-order chi connectivity index (χ0) is 26.2. The quantitative estimate of drug-likeness (QED) is 0.283. The highest BCUT2D eigenvalue weighted by Crippen LogP contribution is 2.36. The molecule has 186 valence electrons. The third-order valence-electron chi connectivity index (χ3n) is 5.76. The Balaban J connectivity index is 1.43. The van der Waals surface area contributed by atoms with Crippen LogP contribution in [0.15, 0.2) is 77.9 Å². The lowest BCUT2D eigenvalue weighted by Gasteiger charge is -2.13. The fourth-order valence-corrected chi connectivity index (χ4v) is 4.33. The van der Waals surface area contributed by atoms with E-state index in [0.717, 1.165) is 29.1 Å². The van der Waals surface area contributed by atoms with E-state index in [4.69, 9.17) is 16.3 Å². The number of benzene rings is 3. The second-order valence-corrected chi connectivity index (χ2v) is 8.74. The number of H-pyrrole nitrogens is 1. The van der Waals surface area contributed by atoms with Gasteiger partial charge in [0.2, 0.25) is 0 Å². The number of ketones is 1. The third kappa shape index (κ3) is 5.17. The first-order chi connectivity index (χ1) is 17.7. The van der Waals surface area contributed by atoms with Gasteiger partial charge in [-0.25, -0.2) is 9.97 Å². The van der Waals surface area contributed by atoms with Crippen molar-refractivity contribution in [2.45, 2.75) is 19.0 Å². The Kier molecular flexibility index (Phi) is 6.39. The molecule has 0 saturated carbocycles. The molecule has 0 unspecified atom stereocenters. The maximum atomic E-state index is 13.2. The Morgan fingerprint density at radius 1 is 0.946 bits per heavy atom. The van der Waals surface area contributed by atoms with Gasteiger partial charge in [0.05, 0.1) is 16.8 Å². The SMILES string of the molecule is O=C(Cc1ccc(Cl)c(C(F)(F)F)c1)Cc1ccc(Oc2ccnc3[nH]c(=O)cnc23)c2ccccc12. The molecule has 6 nitrogen and oxygen atoms in total. The molecule has 0 bridgehead atoms. The van der Waals surface area contributed by atoms with Gasteiger partial charge < -0.3 is 9.72 Å². The Morgan fingerprint density at radius 3 is 2.51 bits per heavy atom. The van der Waals surface area contributed by atoms with Gasteiger partial charge >= 0.3 is 6.18 Å². The number of ether oxygens (including phenoxy) is 1. The maximum Gasteiger partial charge on any atom is 0.417 e. The Bertz CT molecular complexity index is 1720. The van der Waals surface area contributed by atoms with Crippen LogP contribution in [0.3, 0.4) is 0 Å². The lowest BCUT2D eigenvalue weighted by Crippen LogP contribution is -2.10. The van der Waals surface area contributed by atoms with E-state index < -0.39 is 16.8 Å². The molecule has 5 rings (SSSR count). The molecule has 0 aliphatic heterocycles. The number of carbonyl (C=O) groups is 1. The number of aromatic amines is 1. The number of pyridine rings is 1. The largest absolute Gasteiger partial charge is 0.454 e. The molecule has 0 aliphatic rings. The van der Waals surface area contributed by atoms with Gasteiger partial charge in [-0.3, -0.25) is 9.59 Å². The van der Waals surface area contributed by atoms with Crippen molar-refractivity contribution in [1.82, 2.24) is 15.0 Å². The molecule has 0 amide bonds.